The van der Waals surface area contributed by atoms with Gasteiger partial charge in [0.15, 0.2) is 0 Å². The Morgan fingerprint density at radius 1 is 1.28 bits per heavy atom. The predicted molar refractivity (Wildman–Crippen MR) is 74.4 cm³/mol. The summed E-state index contributed by atoms with van der Waals surface area (Å²) in [5, 5.41) is 3.43. The van der Waals surface area contributed by atoms with Crippen molar-refractivity contribution < 1.29 is 4.79 Å². The summed E-state index contributed by atoms with van der Waals surface area (Å²) in [5.41, 5.74) is -0.0743. The normalized spacial score (nSPS) is 27.8. The lowest BCUT2D eigenvalue weighted by molar-refractivity contribution is -0.142. The molecule has 1 aliphatic heterocycles. The zero-order chi connectivity index (χ0) is 13.0. The lowest BCUT2D eigenvalue weighted by Crippen LogP contribution is -2.45. The average molecular weight is 252 g/mol. The highest BCUT2D eigenvalue weighted by molar-refractivity contribution is 5.82. The summed E-state index contributed by atoms with van der Waals surface area (Å²) in [6.45, 7) is 5.33. The Balaban J connectivity index is 1.86. The van der Waals surface area contributed by atoms with E-state index < -0.39 is 0 Å². The van der Waals surface area contributed by atoms with Crippen molar-refractivity contribution >= 4 is 5.91 Å². The standard InChI is InChI=1S/C15H28N2O/c1-15(8-4-3-5-9-15)14(18)17(2)12-13-7-6-10-16-11-13/h13,16H,3-12H2,1-2H3. The second-order valence-electron chi connectivity index (χ2n) is 6.52. The molecule has 1 heterocycles. The molecule has 0 aromatic heterocycles. The lowest BCUT2D eigenvalue weighted by atomic mass is 9.74. The SMILES string of the molecule is CN(CC1CCCNC1)C(=O)C1(C)CCCCC1. The van der Waals surface area contributed by atoms with Crippen LogP contribution in [-0.4, -0.2) is 37.5 Å². The minimum absolute atomic E-state index is 0.0743. The third-order valence-electron chi connectivity index (χ3n) is 4.75. The second-order valence-corrected chi connectivity index (χ2v) is 6.52. The fourth-order valence-corrected chi connectivity index (χ4v) is 3.56. The molecule has 0 aromatic carbocycles. The summed E-state index contributed by atoms with van der Waals surface area (Å²) in [6.07, 6.45) is 8.44. The zero-order valence-corrected chi connectivity index (χ0v) is 12.0. The van der Waals surface area contributed by atoms with Gasteiger partial charge in [0.2, 0.25) is 5.91 Å². The number of nitrogens with zero attached hydrogens (tertiary/aromatic N) is 1. The Morgan fingerprint density at radius 3 is 2.61 bits per heavy atom. The van der Waals surface area contributed by atoms with Crippen LogP contribution in [0.5, 0.6) is 0 Å². The Bertz CT molecular complexity index is 278. The first-order chi connectivity index (χ1) is 8.62. The molecule has 2 aliphatic rings. The molecule has 3 heteroatoms. The molecule has 1 atom stereocenters. The van der Waals surface area contributed by atoms with Crippen molar-refractivity contribution in [2.45, 2.75) is 51.9 Å². The minimum atomic E-state index is -0.0743. The van der Waals surface area contributed by atoms with Gasteiger partial charge in [-0.2, -0.15) is 0 Å². The van der Waals surface area contributed by atoms with Crippen LogP contribution in [0.3, 0.4) is 0 Å². The molecule has 1 aliphatic carbocycles. The van der Waals surface area contributed by atoms with Crippen molar-refractivity contribution in [3.63, 3.8) is 0 Å². The summed E-state index contributed by atoms with van der Waals surface area (Å²) in [6, 6.07) is 0. The van der Waals surface area contributed by atoms with Crippen LogP contribution in [-0.2, 0) is 4.79 Å². The highest BCUT2D eigenvalue weighted by atomic mass is 16.2. The number of carbonyl (C=O) groups is 1. The molecule has 0 aromatic rings. The van der Waals surface area contributed by atoms with E-state index in [0.717, 1.165) is 32.5 Å². The molecule has 1 unspecified atom stereocenters. The molecule has 1 amide bonds. The van der Waals surface area contributed by atoms with E-state index in [4.69, 9.17) is 0 Å². The number of carbonyl (C=O) groups excluding carboxylic acids is 1. The van der Waals surface area contributed by atoms with E-state index in [2.05, 4.69) is 12.2 Å². The number of hydrogen-bond acceptors (Lipinski definition) is 2. The van der Waals surface area contributed by atoms with Crippen LogP contribution >= 0.6 is 0 Å². The highest BCUT2D eigenvalue weighted by Gasteiger charge is 2.36. The molecule has 2 rings (SSSR count). The van der Waals surface area contributed by atoms with Crippen molar-refractivity contribution in [3.8, 4) is 0 Å². The van der Waals surface area contributed by atoms with E-state index in [1.807, 2.05) is 11.9 Å². The molecule has 104 valence electrons. The number of hydrogen-bond donors (Lipinski definition) is 1. The number of rotatable bonds is 3. The van der Waals surface area contributed by atoms with E-state index in [-0.39, 0.29) is 5.41 Å². The molecule has 1 N–H and O–H groups in total. The van der Waals surface area contributed by atoms with Crippen LogP contribution in [0, 0.1) is 11.3 Å². The Labute approximate surface area is 111 Å². The van der Waals surface area contributed by atoms with Crippen LogP contribution in [0.4, 0.5) is 0 Å². The topological polar surface area (TPSA) is 32.3 Å². The molecule has 0 bridgehead atoms. The van der Waals surface area contributed by atoms with Gasteiger partial charge in [-0.1, -0.05) is 26.2 Å². The number of nitrogens with one attached hydrogen (secondary N) is 1. The molecule has 0 spiro atoms. The van der Waals surface area contributed by atoms with Crippen molar-refractivity contribution in [1.29, 1.82) is 0 Å². The fraction of sp³-hybridized carbons (Fsp3) is 0.933. The van der Waals surface area contributed by atoms with E-state index in [0.29, 0.717) is 11.8 Å². The Hall–Kier alpha value is -0.570. The summed E-state index contributed by atoms with van der Waals surface area (Å²) in [7, 11) is 2.00. The van der Waals surface area contributed by atoms with Gasteiger partial charge in [-0.15, -0.1) is 0 Å². The zero-order valence-electron chi connectivity index (χ0n) is 12.0. The molecule has 3 nitrogen and oxygen atoms in total. The maximum atomic E-state index is 12.6. The second kappa shape index (κ2) is 6.05. The summed E-state index contributed by atoms with van der Waals surface area (Å²) < 4.78 is 0. The minimum Gasteiger partial charge on any atom is -0.345 e. The predicted octanol–water partition coefficient (Wildman–Crippen LogP) is 2.41. The monoisotopic (exact) mass is 252 g/mol. The van der Waals surface area contributed by atoms with Gasteiger partial charge in [-0.05, 0) is 44.7 Å². The van der Waals surface area contributed by atoms with E-state index in [1.165, 1.54) is 32.1 Å². The molecule has 1 saturated heterocycles. The van der Waals surface area contributed by atoms with Crippen molar-refractivity contribution in [3.05, 3.63) is 0 Å². The van der Waals surface area contributed by atoms with Gasteiger partial charge in [0.1, 0.15) is 0 Å². The van der Waals surface area contributed by atoms with Gasteiger partial charge < -0.3 is 10.2 Å². The Morgan fingerprint density at radius 2 is 2.00 bits per heavy atom. The third-order valence-corrected chi connectivity index (χ3v) is 4.75. The van der Waals surface area contributed by atoms with Gasteiger partial charge in [-0.25, -0.2) is 0 Å². The van der Waals surface area contributed by atoms with E-state index >= 15 is 0 Å². The van der Waals surface area contributed by atoms with Gasteiger partial charge in [-0.3, -0.25) is 4.79 Å². The first kappa shape index (κ1) is 13.9. The number of piperidine rings is 1. The maximum absolute atomic E-state index is 12.6. The van der Waals surface area contributed by atoms with Crippen LogP contribution in [0.2, 0.25) is 0 Å². The number of amides is 1. The van der Waals surface area contributed by atoms with Crippen LogP contribution in [0.25, 0.3) is 0 Å². The first-order valence-electron chi connectivity index (χ1n) is 7.58. The smallest absolute Gasteiger partial charge is 0.228 e. The van der Waals surface area contributed by atoms with Crippen LogP contribution < -0.4 is 5.32 Å². The molecular weight excluding hydrogens is 224 g/mol. The maximum Gasteiger partial charge on any atom is 0.228 e. The third kappa shape index (κ3) is 3.25. The molecular formula is C15H28N2O. The van der Waals surface area contributed by atoms with Crippen LogP contribution in [0.1, 0.15) is 51.9 Å². The molecule has 1 saturated carbocycles. The largest absolute Gasteiger partial charge is 0.345 e. The van der Waals surface area contributed by atoms with Gasteiger partial charge in [0.05, 0.1) is 0 Å². The summed E-state index contributed by atoms with van der Waals surface area (Å²) in [4.78, 5) is 14.6. The quantitative estimate of drug-likeness (QED) is 0.836. The van der Waals surface area contributed by atoms with Gasteiger partial charge >= 0.3 is 0 Å². The first-order valence-corrected chi connectivity index (χ1v) is 7.58. The van der Waals surface area contributed by atoms with E-state index in [9.17, 15) is 4.79 Å². The fourth-order valence-electron chi connectivity index (χ4n) is 3.56. The van der Waals surface area contributed by atoms with Gasteiger partial charge in [0, 0.05) is 19.0 Å². The molecule has 2 fully saturated rings. The summed E-state index contributed by atoms with van der Waals surface area (Å²) in [5.74, 6) is 1.03. The average Bonchev–Trinajstić information content (AvgIpc) is 2.40. The molecule has 0 radical (unpaired) electrons. The van der Waals surface area contributed by atoms with Crippen LogP contribution in [0.15, 0.2) is 0 Å². The molecule has 18 heavy (non-hydrogen) atoms. The van der Waals surface area contributed by atoms with Gasteiger partial charge in [0.25, 0.3) is 0 Å². The van der Waals surface area contributed by atoms with E-state index in [1.54, 1.807) is 0 Å². The van der Waals surface area contributed by atoms with Crippen molar-refractivity contribution in [2.75, 3.05) is 26.7 Å². The lowest BCUT2D eigenvalue weighted by Gasteiger charge is -2.37. The van der Waals surface area contributed by atoms with Crippen molar-refractivity contribution in [1.82, 2.24) is 10.2 Å². The van der Waals surface area contributed by atoms with Crippen molar-refractivity contribution in [2.24, 2.45) is 11.3 Å². The Kier molecular flexibility index (Phi) is 4.66. The summed E-state index contributed by atoms with van der Waals surface area (Å²) >= 11 is 0. The highest BCUT2D eigenvalue weighted by Crippen LogP contribution is 2.37.